The third-order valence-corrected chi connectivity index (χ3v) is 7.00. The predicted molar refractivity (Wildman–Crippen MR) is 151 cm³/mol. The summed E-state index contributed by atoms with van der Waals surface area (Å²) in [5, 5.41) is 19.0. The molecule has 0 amide bonds. The monoisotopic (exact) mass is 552 g/mol. The summed E-state index contributed by atoms with van der Waals surface area (Å²) in [5.74, 6) is -0.0632. The number of nitrogens with zero attached hydrogens (tertiary/aromatic N) is 4. The molecule has 0 aliphatic heterocycles. The van der Waals surface area contributed by atoms with Crippen LogP contribution in [-0.4, -0.2) is 33.1 Å². The number of anilines is 1. The molecule has 0 bridgehead atoms. The maximum Gasteiger partial charge on any atom is 0.335 e. The van der Waals surface area contributed by atoms with Gasteiger partial charge in [0.05, 0.1) is 21.3 Å². The Morgan fingerprint density at radius 2 is 1.76 bits per heavy atom. The van der Waals surface area contributed by atoms with Gasteiger partial charge in [-0.15, -0.1) is 5.10 Å². The molecule has 4 rings (SSSR count). The fourth-order valence-electron chi connectivity index (χ4n) is 4.49. The second kappa shape index (κ2) is 11.5. The standard InChI is InChI=1S/C29H30Cl2N4O3/c1-17(2)27-26(35(33-32-27)28-23(30)7-6-8-24(28)31)16-38-21-10-12-25(19(4)14-21)34(5)15-20-9-11-22(29(36)37)18(3)13-20/h6-14,17H,15-16H2,1-5H3,(H,36,37). The normalized spacial score (nSPS) is 11.2. The first-order valence-electron chi connectivity index (χ1n) is 12.2. The van der Waals surface area contributed by atoms with Crippen molar-refractivity contribution in [2.75, 3.05) is 11.9 Å². The highest BCUT2D eigenvalue weighted by Crippen LogP contribution is 2.32. The van der Waals surface area contributed by atoms with Gasteiger partial charge in [-0.1, -0.05) is 60.5 Å². The number of ether oxygens (including phenoxy) is 1. The van der Waals surface area contributed by atoms with Gasteiger partial charge in [0.25, 0.3) is 0 Å². The van der Waals surface area contributed by atoms with Crippen LogP contribution in [0.5, 0.6) is 5.75 Å². The molecule has 0 atom stereocenters. The number of hydrogen-bond acceptors (Lipinski definition) is 5. The van der Waals surface area contributed by atoms with Crippen molar-refractivity contribution >= 4 is 34.9 Å². The van der Waals surface area contributed by atoms with E-state index in [1.54, 1.807) is 28.9 Å². The van der Waals surface area contributed by atoms with Crippen LogP contribution in [-0.2, 0) is 13.2 Å². The Hall–Kier alpha value is -3.55. The van der Waals surface area contributed by atoms with E-state index >= 15 is 0 Å². The van der Waals surface area contributed by atoms with E-state index in [-0.39, 0.29) is 12.5 Å². The van der Waals surface area contributed by atoms with Gasteiger partial charge in [-0.3, -0.25) is 0 Å². The summed E-state index contributed by atoms with van der Waals surface area (Å²) in [6.07, 6.45) is 0. The van der Waals surface area contributed by atoms with Crippen LogP contribution in [0.3, 0.4) is 0 Å². The van der Waals surface area contributed by atoms with E-state index < -0.39 is 5.97 Å². The Bertz CT molecular complexity index is 1460. The van der Waals surface area contributed by atoms with Crippen molar-refractivity contribution in [3.8, 4) is 11.4 Å². The molecule has 1 aromatic heterocycles. The van der Waals surface area contributed by atoms with E-state index in [9.17, 15) is 9.90 Å². The summed E-state index contributed by atoms with van der Waals surface area (Å²) in [7, 11) is 2.01. The Balaban J connectivity index is 1.53. The second-order valence-corrected chi connectivity index (χ2v) is 10.4. The zero-order chi connectivity index (χ0) is 27.6. The molecule has 1 N–H and O–H groups in total. The molecule has 0 saturated carbocycles. The maximum absolute atomic E-state index is 11.3. The van der Waals surface area contributed by atoms with Crippen LogP contribution in [0.1, 0.15) is 58.2 Å². The lowest BCUT2D eigenvalue weighted by molar-refractivity contribution is 0.0696. The number of benzene rings is 3. The smallest absolute Gasteiger partial charge is 0.335 e. The number of aromatic nitrogens is 3. The molecule has 0 fully saturated rings. The zero-order valence-electron chi connectivity index (χ0n) is 22.0. The van der Waals surface area contributed by atoms with Gasteiger partial charge in [0, 0.05) is 19.3 Å². The maximum atomic E-state index is 11.3. The molecule has 0 aliphatic rings. The van der Waals surface area contributed by atoms with E-state index in [4.69, 9.17) is 27.9 Å². The van der Waals surface area contributed by atoms with E-state index in [1.165, 1.54) is 0 Å². The Kier molecular flexibility index (Phi) is 8.29. The SMILES string of the molecule is Cc1cc(CN(C)c2ccc(OCc3c(C(C)C)nnn3-c3c(Cl)cccc3Cl)cc2C)ccc1C(=O)O. The van der Waals surface area contributed by atoms with Gasteiger partial charge in [-0.05, 0) is 72.9 Å². The topological polar surface area (TPSA) is 80.5 Å². The van der Waals surface area contributed by atoms with Gasteiger partial charge in [0.2, 0.25) is 0 Å². The molecular formula is C29H30Cl2N4O3. The number of rotatable bonds is 9. The van der Waals surface area contributed by atoms with E-state index in [2.05, 4.69) is 29.1 Å². The first-order chi connectivity index (χ1) is 18.1. The number of carbonyl (C=O) groups is 1. The minimum atomic E-state index is -0.914. The minimum absolute atomic E-state index is 0.134. The number of aromatic carboxylic acids is 1. The fourth-order valence-corrected chi connectivity index (χ4v) is 5.05. The van der Waals surface area contributed by atoms with Gasteiger partial charge in [0.15, 0.2) is 0 Å². The van der Waals surface area contributed by atoms with Crippen molar-refractivity contribution in [3.05, 3.63) is 98.3 Å². The van der Waals surface area contributed by atoms with Gasteiger partial charge >= 0.3 is 5.97 Å². The van der Waals surface area contributed by atoms with Gasteiger partial charge in [-0.2, -0.15) is 0 Å². The van der Waals surface area contributed by atoms with Crippen molar-refractivity contribution in [2.45, 2.75) is 46.8 Å². The summed E-state index contributed by atoms with van der Waals surface area (Å²) in [6, 6.07) is 16.7. The Morgan fingerprint density at radius 3 is 2.37 bits per heavy atom. The molecule has 1 heterocycles. The van der Waals surface area contributed by atoms with Crippen molar-refractivity contribution in [3.63, 3.8) is 0 Å². The minimum Gasteiger partial charge on any atom is -0.487 e. The molecule has 0 radical (unpaired) electrons. The summed E-state index contributed by atoms with van der Waals surface area (Å²) in [5.41, 5.74) is 6.39. The summed E-state index contributed by atoms with van der Waals surface area (Å²) >= 11 is 12.9. The number of carboxylic acid groups (broad SMARTS) is 1. The fraction of sp³-hybridized carbons (Fsp3) is 0.276. The average molecular weight is 553 g/mol. The van der Waals surface area contributed by atoms with Crippen LogP contribution in [0.2, 0.25) is 10.0 Å². The molecule has 0 spiro atoms. The Labute approximate surface area is 232 Å². The van der Waals surface area contributed by atoms with Crippen molar-refractivity contribution < 1.29 is 14.6 Å². The Morgan fingerprint density at radius 1 is 1.05 bits per heavy atom. The van der Waals surface area contributed by atoms with Gasteiger partial charge < -0.3 is 14.7 Å². The molecule has 4 aromatic rings. The third-order valence-electron chi connectivity index (χ3n) is 6.39. The molecule has 38 heavy (non-hydrogen) atoms. The summed E-state index contributed by atoms with van der Waals surface area (Å²) in [4.78, 5) is 13.4. The molecule has 3 aromatic carbocycles. The predicted octanol–water partition coefficient (Wildman–Crippen LogP) is 7.23. The number of para-hydroxylation sites is 1. The molecule has 7 nitrogen and oxygen atoms in total. The lowest BCUT2D eigenvalue weighted by Gasteiger charge is -2.22. The number of carboxylic acids is 1. The van der Waals surface area contributed by atoms with Crippen LogP contribution >= 0.6 is 23.2 Å². The molecule has 0 unspecified atom stereocenters. The largest absolute Gasteiger partial charge is 0.487 e. The van der Waals surface area contributed by atoms with Crippen molar-refractivity contribution in [2.24, 2.45) is 0 Å². The molecule has 0 saturated heterocycles. The second-order valence-electron chi connectivity index (χ2n) is 9.61. The van der Waals surface area contributed by atoms with Gasteiger partial charge in [0.1, 0.15) is 23.7 Å². The number of halogens is 2. The summed E-state index contributed by atoms with van der Waals surface area (Å²) < 4.78 is 7.87. The van der Waals surface area contributed by atoms with Crippen LogP contribution in [0, 0.1) is 13.8 Å². The first-order valence-corrected chi connectivity index (χ1v) is 13.0. The number of hydrogen-bond donors (Lipinski definition) is 1. The number of aryl methyl sites for hydroxylation is 2. The van der Waals surface area contributed by atoms with Gasteiger partial charge in [-0.25, -0.2) is 9.48 Å². The third kappa shape index (κ3) is 5.79. The highest BCUT2D eigenvalue weighted by Gasteiger charge is 2.21. The highest BCUT2D eigenvalue weighted by atomic mass is 35.5. The lowest BCUT2D eigenvalue weighted by atomic mass is 10.0. The lowest BCUT2D eigenvalue weighted by Crippen LogP contribution is -2.18. The first kappa shape index (κ1) is 27.5. The van der Waals surface area contributed by atoms with E-state index in [0.717, 1.165) is 33.8 Å². The summed E-state index contributed by atoms with van der Waals surface area (Å²) in [6.45, 7) is 8.84. The molecule has 0 aliphatic carbocycles. The molecular weight excluding hydrogens is 523 g/mol. The average Bonchev–Trinajstić information content (AvgIpc) is 3.26. The molecule has 198 valence electrons. The van der Waals surface area contributed by atoms with Crippen LogP contribution in [0.4, 0.5) is 5.69 Å². The van der Waals surface area contributed by atoms with Crippen LogP contribution < -0.4 is 9.64 Å². The van der Waals surface area contributed by atoms with Crippen LogP contribution in [0.15, 0.2) is 54.6 Å². The highest BCUT2D eigenvalue weighted by molar-refractivity contribution is 6.37. The molecule has 9 heteroatoms. The van der Waals surface area contributed by atoms with Crippen LogP contribution in [0.25, 0.3) is 5.69 Å². The van der Waals surface area contributed by atoms with E-state index in [0.29, 0.717) is 33.6 Å². The van der Waals surface area contributed by atoms with E-state index in [1.807, 2.05) is 51.2 Å². The quantitative estimate of drug-likeness (QED) is 0.236. The van der Waals surface area contributed by atoms with Crippen molar-refractivity contribution in [1.29, 1.82) is 0 Å². The zero-order valence-corrected chi connectivity index (χ0v) is 23.5. The van der Waals surface area contributed by atoms with Crippen molar-refractivity contribution in [1.82, 2.24) is 15.0 Å².